The highest BCUT2D eigenvalue weighted by Gasteiger charge is 2.37. The van der Waals surface area contributed by atoms with E-state index in [1.807, 2.05) is 78.2 Å². The summed E-state index contributed by atoms with van der Waals surface area (Å²) in [6.07, 6.45) is 1.54. The van der Waals surface area contributed by atoms with E-state index in [4.69, 9.17) is 0 Å². The first-order valence-electron chi connectivity index (χ1n) is 16.0. The molecule has 2 aliphatic rings. The number of anilines is 4. The van der Waals surface area contributed by atoms with Crippen molar-refractivity contribution in [3.8, 4) is 11.1 Å². The third kappa shape index (κ3) is 5.87. The van der Waals surface area contributed by atoms with Gasteiger partial charge in [-0.05, 0) is 82.2 Å². The van der Waals surface area contributed by atoms with Gasteiger partial charge in [-0.25, -0.2) is 9.97 Å². The van der Waals surface area contributed by atoms with Crippen molar-refractivity contribution < 1.29 is 9.59 Å². The summed E-state index contributed by atoms with van der Waals surface area (Å²) in [6, 6.07) is 32.7. The van der Waals surface area contributed by atoms with Crippen LogP contribution in [0.2, 0.25) is 0 Å². The Labute approximate surface area is 282 Å². The first-order chi connectivity index (χ1) is 23.6. The van der Waals surface area contributed by atoms with Crippen molar-refractivity contribution >= 4 is 56.2 Å². The molecule has 2 aromatic heterocycles. The molecule has 1 unspecified atom stereocenters. The van der Waals surface area contributed by atoms with Crippen LogP contribution < -0.4 is 20.9 Å². The molecule has 0 bridgehead atoms. The second kappa shape index (κ2) is 12.9. The molecule has 48 heavy (non-hydrogen) atoms. The van der Waals surface area contributed by atoms with Crippen LogP contribution in [0.3, 0.4) is 0 Å². The molecule has 2 amide bonds. The van der Waals surface area contributed by atoms with E-state index < -0.39 is 6.04 Å². The smallest absolute Gasteiger partial charge is 0.255 e. The Morgan fingerprint density at radius 3 is 2.38 bits per heavy atom. The number of rotatable bonds is 8. The number of carbonyl (C=O) groups is 2. The number of fused-ring (bicyclic) bond motifs is 2. The number of nitrogens with zero attached hydrogens (tertiary/aromatic N) is 4. The van der Waals surface area contributed by atoms with Gasteiger partial charge >= 0.3 is 0 Å². The van der Waals surface area contributed by atoms with Crippen LogP contribution in [0.15, 0.2) is 115 Å². The van der Waals surface area contributed by atoms with Gasteiger partial charge in [0.2, 0.25) is 0 Å². The average molecular weight is 652 g/mol. The number of hydrogen-bond acceptors (Lipinski definition) is 8. The second-order valence-corrected chi connectivity index (χ2v) is 12.9. The van der Waals surface area contributed by atoms with Crippen LogP contribution in [0.4, 0.5) is 22.9 Å². The summed E-state index contributed by atoms with van der Waals surface area (Å²) in [5.41, 5.74) is 8.01. The molecule has 2 aliphatic heterocycles. The van der Waals surface area contributed by atoms with Gasteiger partial charge in [0.1, 0.15) is 12.4 Å². The van der Waals surface area contributed by atoms with Crippen molar-refractivity contribution in [3.63, 3.8) is 0 Å². The summed E-state index contributed by atoms with van der Waals surface area (Å²) < 4.78 is 0.979. The fourth-order valence-corrected chi connectivity index (χ4v) is 7.28. The maximum absolute atomic E-state index is 14.0. The van der Waals surface area contributed by atoms with E-state index in [0.29, 0.717) is 17.8 Å². The lowest BCUT2D eigenvalue weighted by Crippen LogP contribution is -2.43. The summed E-state index contributed by atoms with van der Waals surface area (Å²) in [5, 5.41) is 11.8. The molecule has 9 nitrogen and oxygen atoms in total. The molecule has 0 radical (unpaired) electrons. The maximum atomic E-state index is 14.0. The molecule has 0 spiro atoms. The zero-order valence-electron chi connectivity index (χ0n) is 26.1. The molecule has 238 valence electrons. The molecular weight excluding hydrogens is 619 g/mol. The summed E-state index contributed by atoms with van der Waals surface area (Å²) in [6.45, 7) is 4.32. The molecule has 1 atom stereocenters. The van der Waals surface area contributed by atoms with Crippen LogP contribution in [0.1, 0.15) is 27.5 Å². The Hall–Kier alpha value is -5.58. The van der Waals surface area contributed by atoms with E-state index in [-0.39, 0.29) is 11.8 Å². The van der Waals surface area contributed by atoms with Crippen molar-refractivity contribution in [1.82, 2.24) is 20.2 Å². The lowest BCUT2D eigenvalue weighted by Gasteiger charge is -2.29. The van der Waals surface area contributed by atoms with Gasteiger partial charge in [0.05, 0.1) is 10.2 Å². The van der Waals surface area contributed by atoms with E-state index in [1.54, 1.807) is 22.6 Å². The van der Waals surface area contributed by atoms with Gasteiger partial charge in [-0.2, -0.15) is 0 Å². The highest BCUT2D eigenvalue weighted by Crippen LogP contribution is 2.35. The Morgan fingerprint density at radius 1 is 0.833 bits per heavy atom. The zero-order valence-corrected chi connectivity index (χ0v) is 26.9. The molecule has 8 rings (SSSR count). The number of carbonyl (C=O) groups excluding carboxylic acids is 2. The molecule has 6 aromatic rings. The quantitative estimate of drug-likeness (QED) is 0.166. The van der Waals surface area contributed by atoms with Crippen LogP contribution in [0.25, 0.3) is 21.3 Å². The topological polar surface area (TPSA) is 102 Å². The lowest BCUT2D eigenvalue weighted by atomic mass is 10.00. The zero-order chi connectivity index (χ0) is 32.5. The third-order valence-corrected chi connectivity index (χ3v) is 9.86. The Morgan fingerprint density at radius 2 is 1.58 bits per heavy atom. The number of amides is 2. The summed E-state index contributed by atoms with van der Waals surface area (Å²) in [4.78, 5) is 40.6. The van der Waals surface area contributed by atoms with Crippen LogP contribution in [-0.4, -0.2) is 52.9 Å². The minimum atomic E-state index is -0.807. The van der Waals surface area contributed by atoms with Crippen LogP contribution in [-0.2, 0) is 11.3 Å². The fraction of sp³-hybridized carbons (Fsp3) is 0.158. The molecule has 0 saturated carbocycles. The van der Waals surface area contributed by atoms with E-state index in [2.05, 4.69) is 61.2 Å². The molecular formula is C38H33N7O2S. The Balaban J connectivity index is 1.00. The van der Waals surface area contributed by atoms with E-state index in [9.17, 15) is 9.59 Å². The van der Waals surface area contributed by atoms with Crippen molar-refractivity contribution in [3.05, 3.63) is 132 Å². The minimum absolute atomic E-state index is 0.154. The summed E-state index contributed by atoms with van der Waals surface area (Å²) in [5.74, 6) is 0.306. The van der Waals surface area contributed by atoms with Crippen molar-refractivity contribution in [2.24, 2.45) is 0 Å². The minimum Gasteiger partial charge on any atom is -0.369 e. The summed E-state index contributed by atoms with van der Waals surface area (Å²) in [7, 11) is 0. The number of nitrogens with one attached hydrogen (secondary N) is 3. The van der Waals surface area contributed by atoms with E-state index in [0.717, 1.165) is 70.2 Å². The molecule has 10 heteroatoms. The van der Waals surface area contributed by atoms with Gasteiger partial charge in [-0.3, -0.25) is 9.59 Å². The Bertz CT molecular complexity index is 2090. The van der Waals surface area contributed by atoms with Gasteiger partial charge in [-0.1, -0.05) is 48.5 Å². The monoisotopic (exact) mass is 651 g/mol. The van der Waals surface area contributed by atoms with Gasteiger partial charge < -0.3 is 25.8 Å². The first-order valence-corrected chi connectivity index (χ1v) is 16.9. The lowest BCUT2D eigenvalue weighted by molar-refractivity contribution is -0.120. The van der Waals surface area contributed by atoms with Gasteiger partial charge in [0, 0.05) is 55.3 Å². The number of aromatic nitrogens is 2. The highest BCUT2D eigenvalue weighted by atomic mass is 32.1. The standard InChI is InChI=1S/C38H33N7O2S/c46-37(43-30-11-9-29(10-12-30)42-36-35-33(16-21-48-35)40-24-41-36)34(26-4-2-1-3-5-26)45-23-28-22-27(8-15-32(28)38(45)47)25-6-13-31(14-7-25)44-19-17-39-18-20-44/h1-16,21-22,24,34,39H,17-20,23H2,(H,43,46)(H,40,41,42). The summed E-state index contributed by atoms with van der Waals surface area (Å²) >= 11 is 1.58. The molecule has 1 fully saturated rings. The number of hydrogen-bond donors (Lipinski definition) is 3. The molecule has 0 aliphatic carbocycles. The molecule has 4 aromatic carbocycles. The molecule has 1 saturated heterocycles. The van der Waals surface area contributed by atoms with Crippen LogP contribution in [0, 0.1) is 0 Å². The largest absolute Gasteiger partial charge is 0.369 e. The number of benzene rings is 4. The van der Waals surface area contributed by atoms with Crippen molar-refractivity contribution in [2.75, 3.05) is 41.7 Å². The van der Waals surface area contributed by atoms with Crippen molar-refractivity contribution in [1.29, 1.82) is 0 Å². The average Bonchev–Trinajstić information content (AvgIpc) is 3.75. The van der Waals surface area contributed by atoms with Crippen molar-refractivity contribution in [2.45, 2.75) is 12.6 Å². The van der Waals surface area contributed by atoms with Crippen LogP contribution >= 0.6 is 11.3 Å². The fourth-order valence-electron chi connectivity index (χ4n) is 6.49. The second-order valence-electron chi connectivity index (χ2n) is 12.0. The predicted octanol–water partition coefficient (Wildman–Crippen LogP) is 6.85. The number of thiophene rings is 1. The molecule has 4 heterocycles. The molecule has 3 N–H and O–H groups in total. The number of piperazine rings is 1. The Kier molecular flexibility index (Phi) is 8.01. The van der Waals surface area contributed by atoms with Gasteiger partial charge in [-0.15, -0.1) is 11.3 Å². The predicted molar refractivity (Wildman–Crippen MR) is 192 cm³/mol. The van der Waals surface area contributed by atoms with E-state index >= 15 is 0 Å². The van der Waals surface area contributed by atoms with E-state index in [1.165, 1.54) is 5.69 Å². The SMILES string of the molecule is O=C(Nc1ccc(Nc2ncnc3ccsc23)cc1)C(c1ccccc1)N1Cc2cc(-c3ccc(N4CCNCC4)cc3)ccc2C1=O. The maximum Gasteiger partial charge on any atom is 0.255 e. The highest BCUT2D eigenvalue weighted by molar-refractivity contribution is 7.17. The normalized spacial score (nSPS) is 15.0. The van der Waals surface area contributed by atoms with Gasteiger partial charge in [0.25, 0.3) is 11.8 Å². The first kappa shape index (κ1) is 29.8. The van der Waals surface area contributed by atoms with Gasteiger partial charge in [0.15, 0.2) is 5.82 Å². The third-order valence-electron chi connectivity index (χ3n) is 8.95. The van der Waals surface area contributed by atoms with Crippen LogP contribution in [0.5, 0.6) is 0 Å².